The number of aromatic nitrogens is 4. The third-order valence-electron chi connectivity index (χ3n) is 16.2. The minimum atomic E-state index is -0.690. The van der Waals surface area contributed by atoms with Crippen LogP contribution in [0.25, 0.3) is 22.1 Å². The van der Waals surface area contributed by atoms with E-state index < -0.39 is 48.8 Å². The number of imidazole rings is 2. The first kappa shape index (κ1) is 60.6. The first-order valence-electron chi connectivity index (χ1n) is 28.0. The van der Waals surface area contributed by atoms with E-state index in [2.05, 4.69) is 89.7 Å². The predicted octanol–water partition coefficient (Wildman–Crippen LogP) is 16.2. The zero-order valence-electron chi connectivity index (χ0n) is 50.7. The second kappa shape index (κ2) is 22.0. The van der Waals surface area contributed by atoms with Crippen LogP contribution in [-0.4, -0.2) is 38.3 Å². The molecule has 0 aliphatic carbocycles. The lowest BCUT2D eigenvalue weighted by Gasteiger charge is -2.35. The molecular weight excluding hydrogens is 1050 g/mol. The lowest BCUT2D eigenvalue weighted by Crippen LogP contribution is -2.26. The Labute approximate surface area is 484 Å². The maximum atomic E-state index is 14.0. The molecule has 436 valence electrons. The van der Waals surface area contributed by atoms with E-state index in [1.54, 1.807) is 19.2 Å². The summed E-state index contributed by atoms with van der Waals surface area (Å²) < 4.78 is 5.48. The minimum absolute atomic E-state index is 0.0183. The summed E-state index contributed by atoms with van der Waals surface area (Å²) in [5.74, 6) is -0.235. The highest BCUT2D eigenvalue weighted by atomic mass is 16.6. The summed E-state index contributed by atoms with van der Waals surface area (Å²) >= 11 is 0. The largest absolute Gasteiger partial charge is 0.505 e. The molecule has 8 rings (SSSR count). The molecule has 0 amide bonds. The number of hydrogen-bond acceptors (Lipinski definition) is 12. The van der Waals surface area contributed by atoms with Crippen molar-refractivity contribution >= 4 is 56.2 Å². The van der Waals surface area contributed by atoms with Crippen molar-refractivity contribution in [2.24, 2.45) is 45.4 Å². The Morgan fingerprint density at radius 2 is 0.771 bits per heavy atom. The van der Waals surface area contributed by atoms with Gasteiger partial charge in [-0.2, -0.15) is 0 Å². The van der Waals surface area contributed by atoms with Gasteiger partial charge in [0.05, 0.1) is 31.9 Å². The Balaban J connectivity index is 1.15. The van der Waals surface area contributed by atoms with Crippen LogP contribution in [0.1, 0.15) is 150 Å². The molecule has 6 aromatic carbocycles. The van der Waals surface area contributed by atoms with Crippen LogP contribution in [0.4, 0.5) is 34.1 Å². The Morgan fingerprint density at radius 1 is 0.446 bits per heavy atom. The van der Waals surface area contributed by atoms with Gasteiger partial charge in [0.15, 0.2) is 11.4 Å². The molecule has 0 fully saturated rings. The predicted molar refractivity (Wildman–Crippen MR) is 328 cm³/mol. The third kappa shape index (κ3) is 12.2. The molecule has 0 saturated carbocycles. The zero-order valence-corrected chi connectivity index (χ0v) is 50.7. The van der Waals surface area contributed by atoms with E-state index in [0.29, 0.717) is 22.2 Å². The van der Waals surface area contributed by atoms with E-state index in [9.17, 15) is 40.0 Å². The number of phenolic OH excluding ortho intramolecular Hbond substituents is 2. The lowest BCUT2D eigenvalue weighted by molar-refractivity contribution is -0.384. The Kier molecular flexibility index (Phi) is 16.0. The number of rotatable bonds is 18. The molecule has 0 aliphatic rings. The normalized spacial score (nSPS) is 13.1. The number of aromatic hydroxyl groups is 2. The molecule has 0 atom stereocenters. The second-order valence-electron chi connectivity index (χ2n) is 26.9. The van der Waals surface area contributed by atoms with E-state index in [1.807, 2.05) is 100 Å². The fourth-order valence-corrected chi connectivity index (χ4v) is 12.3. The van der Waals surface area contributed by atoms with Gasteiger partial charge < -0.3 is 10.2 Å². The number of aryl methyl sites for hydroxylation is 4. The van der Waals surface area contributed by atoms with Crippen LogP contribution in [0.3, 0.4) is 0 Å². The fraction of sp³-hybridized carbons (Fsp3) is 0.415. The number of nitrogens with zero attached hydrogens (tertiary/aromatic N) is 10. The molecule has 0 aliphatic heterocycles. The fourth-order valence-electron chi connectivity index (χ4n) is 12.3. The van der Waals surface area contributed by atoms with Crippen molar-refractivity contribution in [1.29, 1.82) is 0 Å². The zero-order chi connectivity index (χ0) is 61.1. The number of benzene rings is 6. The number of nitro benzene ring substituents is 2. The van der Waals surface area contributed by atoms with Gasteiger partial charge in [0.25, 0.3) is 11.4 Å². The van der Waals surface area contributed by atoms with Crippen molar-refractivity contribution in [2.75, 3.05) is 0 Å². The highest BCUT2D eigenvalue weighted by Gasteiger charge is 2.36. The molecule has 83 heavy (non-hydrogen) atoms. The smallest absolute Gasteiger partial charge is 0.328 e. The summed E-state index contributed by atoms with van der Waals surface area (Å²) in [4.78, 5) is 52.4. The van der Waals surface area contributed by atoms with Gasteiger partial charge in [-0.05, 0) is 87.4 Å². The van der Waals surface area contributed by atoms with Crippen molar-refractivity contribution in [1.82, 2.24) is 18.3 Å². The number of phenols is 2. The molecule has 2 aromatic heterocycles. The molecule has 0 radical (unpaired) electrons. The van der Waals surface area contributed by atoms with Crippen molar-refractivity contribution in [3.63, 3.8) is 0 Å². The first-order valence-corrected chi connectivity index (χ1v) is 28.0. The van der Waals surface area contributed by atoms with Crippen molar-refractivity contribution in [3.05, 3.63) is 184 Å². The molecule has 2 heterocycles. The molecule has 8 aromatic rings. The van der Waals surface area contributed by atoms with E-state index >= 15 is 0 Å². The molecule has 18 heteroatoms. The number of fused-ring (bicyclic) bond motifs is 2. The molecule has 0 saturated heterocycles. The summed E-state index contributed by atoms with van der Waals surface area (Å²) in [6.07, 6.45) is 1.76. The summed E-state index contributed by atoms with van der Waals surface area (Å²) in [6, 6.07) is 32.6. The Morgan fingerprint density at radius 3 is 1.13 bits per heavy atom. The van der Waals surface area contributed by atoms with Crippen LogP contribution in [0.15, 0.2) is 139 Å². The van der Waals surface area contributed by atoms with Gasteiger partial charge in [-0.1, -0.05) is 170 Å². The standard InChI is InChI=1S/C65H78N10O8/c1-60(2,3)38-62(7,8)42-30-44(64(11,12)40-24-19-17-20-25-40)56(76)48(32-42)68-66-46-34-52-55(37-51(46)75(82)83)73(58(78)70(52)15)29-23-28-72-54-35-47(50(74(80)81)36-53(54)71(16)59(72)79)67-69-49-33-43(63(9,10)39-61(4,5)6)31-45(57(49)77)65(13,14)41-26-21-18-22-27-41/h17-22,24-27,30-37,76-77H,23,28-29,38-39H2,1-16H3. The molecular formula is C65H78N10O8. The average molecular weight is 1130 g/mol. The van der Waals surface area contributed by atoms with Crippen molar-refractivity contribution in [3.8, 4) is 11.5 Å². The van der Waals surface area contributed by atoms with Gasteiger partial charge in [0.1, 0.15) is 22.9 Å². The van der Waals surface area contributed by atoms with Gasteiger partial charge in [-0.25, -0.2) is 9.59 Å². The van der Waals surface area contributed by atoms with Crippen LogP contribution < -0.4 is 11.4 Å². The average Bonchev–Trinajstić information content (AvgIpc) is 3.89. The molecule has 0 unspecified atom stereocenters. The van der Waals surface area contributed by atoms with Gasteiger partial charge in [0.2, 0.25) is 0 Å². The summed E-state index contributed by atoms with van der Waals surface area (Å²) in [5.41, 5.74) is 2.04. The van der Waals surface area contributed by atoms with Gasteiger partial charge in [-0.15, -0.1) is 20.5 Å². The van der Waals surface area contributed by atoms with Gasteiger partial charge >= 0.3 is 11.4 Å². The van der Waals surface area contributed by atoms with E-state index in [4.69, 9.17) is 0 Å². The first-order chi connectivity index (χ1) is 38.5. The van der Waals surface area contributed by atoms with Gasteiger partial charge in [-0.3, -0.25) is 38.5 Å². The van der Waals surface area contributed by atoms with Gasteiger partial charge in [0, 0.05) is 61.3 Å². The van der Waals surface area contributed by atoms with Crippen LogP contribution in [0, 0.1) is 31.1 Å². The van der Waals surface area contributed by atoms with Crippen molar-refractivity contribution < 1.29 is 20.1 Å². The van der Waals surface area contributed by atoms with Crippen LogP contribution in [0.5, 0.6) is 11.5 Å². The highest BCUT2D eigenvalue weighted by molar-refractivity contribution is 5.86. The monoisotopic (exact) mass is 1130 g/mol. The third-order valence-corrected chi connectivity index (χ3v) is 16.2. The quantitative estimate of drug-likeness (QED) is 0.0475. The number of nitro groups is 2. The molecule has 0 bridgehead atoms. The summed E-state index contributed by atoms with van der Waals surface area (Å²) in [6.45, 7) is 29.7. The van der Waals surface area contributed by atoms with Crippen LogP contribution >= 0.6 is 0 Å². The molecule has 2 N–H and O–H groups in total. The minimum Gasteiger partial charge on any atom is -0.505 e. The maximum absolute atomic E-state index is 14.0. The maximum Gasteiger partial charge on any atom is 0.328 e. The van der Waals surface area contributed by atoms with Crippen molar-refractivity contribution in [2.45, 2.75) is 151 Å². The Hall–Kier alpha value is -8.54. The van der Waals surface area contributed by atoms with E-state index in [0.717, 1.165) is 35.1 Å². The van der Waals surface area contributed by atoms with E-state index in [-0.39, 0.29) is 81.0 Å². The Bertz CT molecular complexity index is 4010. The topological polar surface area (TPSA) is 230 Å². The number of azo groups is 2. The molecule has 18 nitrogen and oxygen atoms in total. The van der Waals surface area contributed by atoms with Crippen LogP contribution in [-0.2, 0) is 48.8 Å². The van der Waals surface area contributed by atoms with E-state index in [1.165, 1.54) is 49.6 Å². The molecule has 0 spiro atoms. The second-order valence-corrected chi connectivity index (χ2v) is 26.9. The summed E-state index contributed by atoms with van der Waals surface area (Å²) in [5, 5.41) is 67.5. The summed E-state index contributed by atoms with van der Waals surface area (Å²) in [7, 11) is 3.05. The number of hydrogen-bond donors (Lipinski definition) is 2. The highest BCUT2D eigenvalue weighted by Crippen LogP contribution is 2.49. The SMILES string of the molecule is Cn1c(=O)n(CCCn2c(=O)n(C)c3cc(N=Nc4cc(C(C)(C)CC(C)(C)C)cc(C(C)(C)c5ccccc5)c4O)c([N+](=O)[O-])cc32)c2cc(N=Nc3cc(C(C)(C)CC(C)(C)C)cc(C(C)(C)c4ccccc4)c3O)c([N+](=O)[O-])cc21. The van der Waals surface area contributed by atoms with Crippen LogP contribution in [0.2, 0.25) is 0 Å². The lowest BCUT2D eigenvalue weighted by atomic mass is 9.70.